The Morgan fingerprint density at radius 2 is 2.18 bits per heavy atom. The molecule has 0 aromatic carbocycles. The average molecular weight is 238 g/mol. The summed E-state index contributed by atoms with van der Waals surface area (Å²) in [6.45, 7) is 4.18. The van der Waals surface area contributed by atoms with Gasteiger partial charge in [0.1, 0.15) is 5.82 Å². The third-order valence-electron chi connectivity index (χ3n) is 2.34. The lowest BCUT2D eigenvalue weighted by Crippen LogP contribution is -2.26. The molecule has 5 heteroatoms. The van der Waals surface area contributed by atoms with Crippen molar-refractivity contribution in [3.05, 3.63) is 23.9 Å². The van der Waals surface area contributed by atoms with E-state index < -0.39 is 5.97 Å². The average Bonchev–Trinajstić information content (AvgIpc) is 2.28. The quantitative estimate of drug-likeness (QED) is 0.701. The Kier molecular flexibility index (Phi) is 4.90. The van der Waals surface area contributed by atoms with Crippen LogP contribution in [0.3, 0.4) is 0 Å². The molecule has 1 unspecified atom stereocenters. The molecule has 1 atom stereocenters. The molecule has 0 spiro atoms. The third-order valence-corrected chi connectivity index (χ3v) is 2.34. The van der Waals surface area contributed by atoms with Gasteiger partial charge in [-0.25, -0.2) is 9.78 Å². The number of carbonyl (C=O) groups is 1. The normalized spacial score (nSPS) is 12.5. The van der Waals surface area contributed by atoms with Gasteiger partial charge in [-0.1, -0.05) is 13.8 Å². The zero-order valence-electron chi connectivity index (χ0n) is 10.1. The molecule has 94 valence electrons. The smallest absolute Gasteiger partial charge is 0.337 e. The fourth-order valence-corrected chi connectivity index (χ4v) is 1.56. The summed E-state index contributed by atoms with van der Waals surface area (Å²) in [6.07, 6.45) is 2.13. The van der Waals surface area contributed by atoms with Gasteiger partial charge in [0.25, 0.3) is 0 Å². The molecule has 3 N–H and O–H groups in total. The Balaban J connectivity index is 2.64. The fraction of sp³-hybridized carbons (Fsp3) is 0.500. The molecule has 1 aromatic heterocycles. The summed E-state index contributed by atoms with van der Waals surface area (Å²) in [5.74, 6) is 0.0533. The molecule has 0 aliphatic heterocycles. The minimum Gasteiger partial charge on any atom is -0.478 e. The minimum atomic E-state index is -0.995. The first-order valence-corrected chi connectivity index (χ1v) is 5.59. The van der Waals surface area contributed by atoms with E-state index in [4.69, 9.17) is 5.11 Å². The SMILES string of the molecule is CC(C)CC(CO)Nc1ccc(C(=O)O)cn1. The second kappa shape index (κ2) is 6.20. The molecule has 0 saturated carbocycles. The van der Waals surface area contributed by atoms with Gasteiger partial charge in [0.2, 0.25) is 0 Å². The van der Waals surface area contributed by atoms with E-state index in [0.29, 0.717) is 11.7 Å². The van der Waals surface area contributed by atoms with Gasteiger partial charge < -0.3 is 15.5 Å². The number of pyridine rings is 1. The summed E-state index contributed by atoms with van der Waals surface area (Å²) < 4.78 is 0. The second-order valence-electron chi connectivity index (χ2n) is 4.39. The maximum Gasteiger partial charge on any atom is 0.337 e. The zero-order valence-corrected chi connectivity index (χ0v) is 10.1. The van der Waals surface area contributed by atoms with Crippen molar-refractivity contribution in [2.45, 2.75) is 26.3 Å². The monoisotopic (exact) mass is 238 g/mol. The first kappa shape index (κ1) is 13.4. The molecule has 0 aliphatic carbocycles. The molecular weight excluding hydrogens is 220 g/mol. The molecule has 1 aromatic rings. The van der Waals surface area contributed by atoms with Gasteiger partial charge in [-0.2, -0.15) is 0 Å². The van der Waals surface area contributed by atoms with Gasteiger partial charge in [0.05, 0.1) is 18.2 Å². The van der Waals surface area contributed by atoms with Crippen LogP contribution in [0.1, 0.15) is 30.6 Å². The van der Waals surface area contributed by atoms with E-state index in [0.717, 1.165) is 6.42 Å². The van der Waals surface area contributed by atoms with E-state index in [-0.39, 0.29) is 18.2 Å². The van der Waals surface area contributed by atoms with E-state index in [1.165, 1.54) is 12.3 Å². The van der Waals surface area contributed by atoms with Crippen LogP contribution in [0.2, 0.25) is 0 Å². The van der Waals surface area contributed by atoms with Gasteiger partial charge in [-0.15, -0.1) is 0 Å². The molecule has 0 saturated heterocycles. The number of nitrogens with one attached hydrogen (secondary N) is 1. The van der Waals surface area contributed by atoms with Crippen molar-refractivity contribution < 1.29 is 15.0 Å². The number of hydrogen-bond acceptors (Lipinski definition) is 4. The zero-order chi connectivity index (χ0) is 12.8. The molecule has 1 rings (SSSR count). The Bertz CT molecular complexity index is 363. The summed E-state index contributed by atoms with van der Waals surface area (Å²) in [5.41, 5.74) is 0.153. The van der Waals surface area contributed by atoms with Gasteiger partial charge >= 0.3 is 5.97 Å². The first-order chi connectivity index (χ1) is 8.02. The molecular formula is C12H18N2O3. The lowest BCUT2D eigenvalue weighted by molar-refractivity contribution is 0.0696. The molecule has 0 aliphatic rings. The molecule has 0 radical (unpaired) electrons. The molecule has 0 fully saturated rings. The van der Waals surface area contributed by atoms with Crippen LogP contribution in [0.25, 0.3) is 0 Å². The largest absolute Gasteiger partial charge is 0.478 e. The summed E-state index contributed by atoms with van der Waals surface area (Å²) in [4.78, 5) is 14.6. The summed E-state index contributed by atoms with van der Waals surface area (Å²) in [7, 11) is 0. The van der Waals surface area contributed by atoms with Crippen molar-refractivity contribution in [1.82, 2.24) is 4.98 Å². The maximum absolute atomic E-state index is 10.6. The van der Waals surface area contributed by atoms with Crippen LogP contribution in [-0.4, -0.2) is 33.8 Å². The standard InChI is InChI=1S/C12H18N2O3/c1-8(2)5-10(7-15)14-11-4-3-9(6-13-11)12(16)17/h3-4,6,8,10,15H,5,7H2,1-2H3,(H,13,14)(H,16,17). The topological polar surface area (TPSA) is 82.5 Å². The van der Waals surface area contributed by atoms with Crippen LogP contribution in [0.4, 0.5) is 5.82 Å². The predicted molar refractivity (Wildman–Crippen MR) is 65.1 cm³/mol. The summed E-state index contributed by atoms with van der Waals surface area (Å²) in [5, 5.41) is 21.0. The lowest BCUT2D eigenvalue weighted by atomic mass is 10.0. The van der Waals surface area contributed by atoms with Gasteiger partial charge in [-0.05, 0) is 24.5 Å². The highest BCUT2D eigenvalue weighted by Crippen LogP contribution is 2.11. The molecule has 0 bridgehead atoms. The Labute approximate surface area is 101 Å². The Hall–Kier alpha value is -1.62. The van der Waals surface area contributed by atoms with Crippen LogP contribution in [0, 0.1) is 5.92 Å². The number of carboxylic acids is 1. The van der Waals surface area contributed by atoms with Crippen molar-refractivity contribution in [3.8, 4) is 0 Å². The summed E-state index contributed by atoms with van der Waals surface area (Å²) in [6, 6.07) is 3.03. The first-order valence-electron chi connectivity index (χ1n) is 5.59. The van der Waals surface area contributed by atoms with Crippen molar-refractivity contribution in [3.63, 3.8) is 0 Å². The fourth-order valence-electron chi connectivity index (χ4n) is 1.56. The number of aromatic nitrogens is 1. The Morgan fingerprint density at radius 3 is 2.59 bits per heavy atom. The van der Waals surface area contributed by atoms with Gasteiger partial charge in [0.15, 0.2) is 0 Å². The van der Waals surface area contributed by atoms with E-state index in [1.54, 1.807) is 6.07 Å². The van der Waals surface area contributed by atoms with Crippen LogP contribution in [0.5, 0.6) is 0 Å². The van der Waals surface area contributed by atoms with Crippen LogP contribution in [-0.2, 0) is 0 Å². The lowest BCUT2D eigenvalue weighted by Gasteiger charge is -2.18. The highest BCUT2D eigenvalue weighted by molar-refractivity contribution is 5.87. The second-order valence-corrected chi connectivity index (χ2v) is 4.39. The third kappa shape index (κ3) is 4.40. The van der Waals surface area contributed by atoms with Crippen molar-refractivity contribution >= 4 is 11.8 Å². The number of aromatic carboxylic acids is 1. The van der Waals surface area contributed by atoms with E-state index in [9.17, 15) is 9.90 Å². The molecule has 0 amide bonds. The molecule has 17 heavy (non-hydrogen) atoms. The van der Waals surface area contributed by atoms with Crippen LogP contribution >= 0.6 is 0 Å². The number of nitrogens with zero attached hydrogens (tertiary/aromatic N) is 1. The van der Waals surface area contributed by atoms with Crippen molar-refractivity contribution in [2.24, 2.45) is 5.92 Å². The van der Waals surface area contributed by atoms with E-state index in [1.807, 2.05) is 0 Å². The number of hydrogen-bond donors (Lipinski definition) is 3. The summed E-state index contributed by atoms with van der Waals surface area (Å²) >= 11 is 0. The number of carboxylic acid groups (broad SMARTS) is 1. The van der Waals surface area contributed by atoms with E-state index >= 15 is 0 Å². The molecule has 1 heterocycles. The van der Waals surface area contributed by atoms with Crippen LogP contribution in [0.15, 0.2) is 18.3 Å². The van der Waals surface area contributed by atoms with Crippen molar-refractivity contribution in [2.75, 3.05) is 11.9 Å². The minimum absolute atomic E-state index is 0.0283. The van der Waals surface area contributed by atoms with E-state index in [2.05, 4.69) is 24.1 Å². The molecule has 5 nitrogen and oxygen atoms in total. The number of aliphatic hydroxyl groups excluding tert-OH is 1. The predicted octanol–water partition coefficient (Wildman–Crippen LogP) is 1.60. The number of rotatable bonds is 6. The Morgan fingerprint density at radius 1 is 1.47 bits per heavy atom. The van der Waals surface area contributed by atoms with Crippen molar-refractivity contribution in [1.29, 1.82) is 0 Å². The van der Waals surface area contributed by atoms with Gasteiger partial charge in [-0.3, -0.25) is 0 Å². The number of anilines is 1. The highest BCUT2D eigenvalue weighted by atomic mass is 16.4. The van der Waals surface area contributed by atoms with Gasteiger partial charge in [0, 0.05) is 6.20 Å². The van der Waals surface area contributed by atoms with Crippen LogP contribution < -0.4 is 5.32 Å². The maximum atomic E-state index is 10.6. The number of aliphatic hydroxyl groups is 1. The highest BCUT2D eigenvalue weighted by Gasteiger charge is 2.10.